The quantitative estimate of drug-likeness (QED) is 0.126. The summed E-state index contributed by atoms with van der Waals surface area (Å²) in [4.78, 5) is 16.1. The van der Waals surface area contributed by atoms with Crippen molar-refractivity contribution >= 4 is 90.5 Å². The molecule has 0 unspecified atom stereocenters. The van der Waals surface area contributed by atoms with E-state index in [1.807, 2.05) is 7.05 Å². The van der Waals surface area contributed by atoms with E-state index in [4.69, 9.17) is 0 Å². The Kier molecular flexibility index (Phi) is 37.3. The SMILES string of the molecule is CN(C)c1ccc(C(=C2C=CC(=[N+](C)C)C=C2)c2ccc(N(C)C)cc2)cc1.CN(C)c1ccc(C(=C2C=CC(=[N+](C)C)C=C2)c2ccc([N+](C)(C)C)cc2)cc1.CN(C)c1ccc(C(=C2C=CC(=[N+](C)C)C=C2)c2ccccc2)cc1.C[NH+]=C1C=CC(=C(c2ccc(N(C)C)cc2)c2ccc(N(C)C)cc2)c2ccccc21.[Cl-].[Cl-].[Cl-].[Cl-].[Cl-]. The highest BCUT2D eigenvalue weighted by Gasteiger charge is 2.24. The molecule has 16 heteroatoms. The van der Waals surface area contributed by atoms with Gasteiger partial charge in [-0.1, -0.05) is 121 Å². The van der Waals surface area contributed by atoms with Gasteiger partial charge in [-0.2, -0.15) is 0 Å². The molecule has 0 saturated carbocycles. The lowest BCUT2D eigenvalue weighted by molar-refractivity contribution is -0.462. The zero-order valence-electron chi connectivity index (χ0n) is 72.8. The molecule has 13 rings (SSSR count). The second-order valence-corrected chi connectivity index (χ2v) is 31.4. The molecule has 0 heterocycles. The van der Waals surface area contributed by atoms with Gasteiger partial charge in [0.25, 0.3) is 0 Å². The van der Waals surface area contributed by atoms with E-state index in [0.717, 1.165) is 10.2 Å². The van der Waals surface area contributed by atoms with Crippen LogP contribution in [0.5, 0.6) is 0 Å². The van der Waals surface area contributed by atoms with Crippen molar-refractivity contribution in [1.82, 2.24) is 4.48 Å². The van der Waals surface area contributed by atoms with Crippen LogP contribution in [0.1, 0.15) is 55.6 Å². The fraction of sp³-hybridized carbons (Fsp3) is 0.216. The molecule has 11 nitrogen and oxygen atoms in total. The average Bonchev–Trinajstić information content (AvgIpc) is 0.782. The highest BCUT2D eigenvalue weighted by Crippen LogP contribution is 2.40. The minimum absolute atomic E-state index is 0. The van der Waals surface area contributed by atoms with Crippen LogP contribution < -0.4 is 101 Å². The number of hydrogen-bond donors (Lipinski definition) is 1. The van der Waals surface area contributed by atoms with Crippen LogP contribution in [0.25, 0.3) is 27.9 Å². The van der Waals surface area contributed by atoms with Crippen molar-refractivity contribution in [2.75, 3.05) is 184 Å². The molecule has 9 aromatic carbocycles. The molecule has 0 saturated heterocycles. The lowest BCUT2D eigenvalue weighted by Gasteiger charge is -2.24. The maximum atomic E-state index is 3.34. The highest BCUT2D eigenvalue weighted by molar-refractivity contribution is 6.17. The van der Waals surface area contributed by atoms with Crippen molar-refractivity contribution in [2.24, 2.45) is 0 Å². The third-order valence-corrected chi connectivity index (χ3v) is 20.5. The fourth-order valence-corrected chi connectivity index (χ4v) is 13.7. The van der Waals surface area contributed by atoms with Gasteiger partial charge in [-0.15, -0.1) is 0 Å². The summed E-state index contributed by atoms with van der Waals surface area (Å²) in [5.74, 6) is 0. The van der Waals surface area contributed by atoms with Crippen molar-refractivity contribution in [3.8, 4) is 0 Å². The monoisotopic (exact) mass is 1670 g/mol. The van der Waals surface area contributed by atoms with Gasteiger partial charge >= 0.3 is 0 Å². The van der Waals surface area contributed by atoms with E-state index < -0.39 is 0 Å². The average molecular weight is 1680 g/mol. The van der Waals surface area contributed by atoms with Crippen molar-refractivity contribution in [2.45, 2.75) is 0 Å². The Hall–Kier alpha value is -11.0. The molecule has 9 aromatic rings. The van der Waals surface area contributed by atoms with E-state index in [1.165, 1.54) is 157 Å². The third-order valence-electron chi connectivity index (χ3n) is 20.5. The number of benzene rings is 9. The summed E-state index contributed by atoms with van der Waals surface area (Å²) in [5, 5.41) is 0. The first kappa shape index (κ1) is 97.6. The Labute approximate surface area is 736 Å². The Bertz CT molecular complexity index is 5170. The molecule has 4 aliphatic rings. The Morgan fingerprint density at radius 1 is 0.246 bits per heavy atom. The van der Waals surface area contributed by atoms with Gasteiger partial charge in [-0.3, -0.25) is 4.48 Å². The Balaban J connectivity index is 0.000000277. The van der Waals surface area contributed by atoms with Crippen LogP contribution in [-0.2, 0) is 0 Å². The van der Waals surface area contributed by atoms with E-state index in [9.17, 15) is 0 Å². The predicted molar refractivity (Wildman–Crippen MR) is 494 cm³/mol. The van der Waals surface area contributed by atoms with Crippen LogP contribution in [0, 0.1) is 0 Å². The normalized spacial score (nSPS) is 12.8. The van der Waals surface area contributed by atoms with Gasteiger partial charge in [0.05, 0.1) is 26.7 Å². The predicted octanol–water partition coefficient (Wildman–Crippen LogP) is 2.31. The van der Waals surface area contributed by atoms with Crippen molar-refractivity contribution in [3.05, 3.63) is 382 Å². The number of hydrogen-bond acceptors (Lipinski definition) is 6. The highest BCUT2D eigenvalue weighted by atomic mass is 35.5. The summed E-state index contributed by atoms with van der Waals surface area (Å²) in [7, 11) is 45.8. The summed E-state index contributed by atoms with van der Waals surface area (Å²) >= 11 is 0. The standard InChI is InChI=1S/C28H29N3.C26H33N3.C25H30N3.C23H25N2.5ClH/c1-29-27-19-18-26(24-8-6-7-9-25(24)27)28(20-10-14-22(15-11-20)30(2)3)21-12-16-23(17-13-21)31(4)5;1-27(2)23-14-8-20(9-15-23)26(21-10-16-24(17-11-21)28(3)4)22-12-18-25(19-13-22)29(5,6)7;1-26(2)22-13-7-19(8-14-22)25(20-9-15-23(16-10-20)27(3)4)21-11-17-24(18-12-21)28(5)6;1-24(2)21-14-10-19(11-15-21)23(18-8-6-5-7-9-18)20-12-16-22(17-13-20)25(3)4;;;;;/h6-19H,1-5H3;8-19H,1-7H3;7-18H,1-6H3;5-17H,1-4H3;5*1H/q;+2;2*+1;;;;;/p-4. The molecule has 0 radical (unpaired) electrons. The van der Waals surface area contributed by atoms with Gasteiger partial charge in [-0.05, 0) is 240 Å². The number of fused-ring (bicyclic) bond motifs is 1. The smallest absolute Gasteiger partial charge is 0.205 e. The first-order valence-corrected chi connectivity index (χ1v) is 38.7. The number of halogens is 5. The largest absolute Gasteiger partial charge is 1.00 e. The summed E-state index contributed by atoms with van der Waals surface area (Å²) in [6.45, 7) is 0. The van der Waals surface area contributed by atoms with Crippen LogP contribution in [0.3, 0.4) is 0 Å². The van der Waals surface area contributed by atoms with Gasteiger partial charge in [0, 0.05) is 161 Å². The Morgan fingerprint density at radius 2 is 0.466 bits per heavy atom. The van der Waals surface area contributed by atoms with Gasteiger partial charge in [0.15, 0.2) is 17.1 Å². The fourth-order valence-electron chi connectivity index (χ4n) is 13.7. The molecule has 0 aliphatic heterocycles. The molecule has 0 fully saturated rings. The number of allylic oxidation sites excluding steroid dienone is 18. The number of rotatable bonds is 15. The molecule has 616 valence electrons. The lowest BCUT2D eigenvalue weighted by Crippen LogP contribution is -3.00. The van der Waals surface area contributed by atoms with Crippen LogP contribution in [0.15, 0.2) is 326 Å². The summed E-state index contributed by atoms with van der Waals surface area (Å²) < 4.78 is 7.19. The zero-order valence-corrected chi connectivity index (χ0v) is 76.6. The van der Waals surface area contributed by atoms with E-state index in [2.05, 4.69) is 506 Å². The minimum atomic E-state index is 0. The van der Waals surface area contributed by atoms with Gasteiger partial charge in [-0.25, -0.2) is 18.7 Å². The van der Waals surface area contributed by atoms with Crippen molar-refractivity contribution in [1.29, 1.82) is 0 Å². The molecule has 0 amide bonds. The minimum Gasteiger partial charge on any atom is -1.00 e. The number of nitrogens with zero attached hydrogens (tertiary/aromatic N) is 10. The maximum Gasteiger partial charge on any atom is 0.205 e. The van der Waals surface area contributed by atoms with E-state index in [0.29, 0.717) is 0 Å². The first-order valence-electron chi connectivity index (χ1n) is 38.7. The number of nitrogens with one attached hydrogen (secondary N) is 1. The summed E-state index contributed by atoms with van der Waals surface area (Å²) in [6.07, 6.45) is 30.8. The number of anilines is 6. The second-order valence-electron chi connectivity index (χ2n) is 31.4. The van der Waals surface area contributed by atoms with Crippen LogP contribution >= 0.6 is 0 Å². The molecule has 0 bridgehead atoms. The van der Waals surface area contributed by atoms with E-state index >= 15 is 0 Å². The Morgan fingerprint density at radius 3 is 0.695 bits per heavy atom. The molecule has 118 heavy (non-hydrogen) atoms. The van der Waals surface area contributed by atoms with Gasteiger partial charge < -0.3 is 91.4 Å². The van der Waals surface area contributed by atoms with Crippen LogP contribution in [0.4, 0.5) is 39.8 Å². The van der Waals surface area contributed by atoms with E-state index in [1.54, 1.807) is 0 Å². The lowest BCUT2D eigenvalue weighted by atomic mass is 9.83. The number of quaternary nitrogens is 1. The maximum absolute atomic E-state index is 3.34. The second kappa shape index (κ2) is 45.1. The molecule has 4 aliphatic carbocycles. The molecule has 0 aromatic heterocycles. The van der Waals surface area contributed by atoms with Gasteiger partial charge in [0.1, 0.15) is 55.0 Å². The van der Waals surface area contributed by atoms with Crippen LogP contribution in [0.2, 0.25) is 0 Å². The van der Waals surface area contributed by atoms with Gasteiger partial charge in [0.2, 0.25) is 5.71 Å². The van der Waals surface area contributed by atoms with Crippen molar-refractivity contribution < 1.29 is 80.8 Å². The zero-order chi connectivity index (χ0) is 81.2. The molecule has 0 atom stereocenters. The molecular weight excluding hydrogens is 1560 g/mol. The van der Waals surface area contributed by atoms with Crippen LogP contribution in [-0.4, -0.2) is 192 Å². The third kappa shape index (κ3) is 25.0. The molecular formula is C102H118Cl5N11. The topological polar surface area (TPSA) is 42.4 Å². The summed E-state index contributed by atoms with van der Waals surface area (Å²) in [6, 6.07) is 81.0. The molecule has 1 N–H and O–H groups in total. The summed E-state index contributed by atoms with van der Waals surface area (Å²) in [5.41, 5.74) is 35.5. The van der Waals surface area contributed by atoms with E-state index in [-0.39, 0.29) is 62.0 Å². The molecule has 0 spiro atoms. The van der Waals surface area contributed by atoms with Crippen molar-refractivity contribution in [3.63, 3.8) is 0 Å². The first-order chi connectivity index (χ1) is 54.1.